The molecular formula is C13H23N3O3. The van der Waals surface area contributed by atoms with Crippen LogP contribution >= 0.6 is 0 Å². The molecule has 1 saturated heterocycles. The number of imide groups is 1. The van der Waals surface area contributed by atoms with Crippen molar-refractivity contribution in [3.8, 4) is 0 Å². The Morgan fingerprint density at radius 2 is 2.11 bits per heavy atom. The van der Waals surface area contributed by atoms with E-state index < -0.39 is 11.6 Å². The summed E-state index contributed by atoms with van der Waals surface area (Å²) in [6.07, 6.45) is 1.32. The van der Waals surface area contributed by atoms with Gasteiger partial charge in [0.25, 0.3) is 5.91 Å². The number of amides is 3. The van der Waals surface area contributed by atoms with E-state index in [0.29, 0.717) is 6.42 Å². The fraction of sp³-hybridized carbons (Fsp3) is 0.769. The van der Waals surface area contributed by atoms with Crippen molar-refractivity contribution in [1.82, 2.24) is 10.2 Å². The Morgan fingerprint density at radius 3 is 2.53 bits per heavy atom. The van der Waals surface area contributed by atoms with Crippen LogP contribution in [0.25, 0.3) is 0 Å². The van der Waals surface area contributed by atoms with Crippen molar-refractivity contribution < 1.29 is 14.4 Å². The van der Waals surface area contributed by atoms with Crippen LogP contribution in [0.2, 0.25) is 0 Å². The third-order valence-electron chi connectivity index (χ3n) is 3.29. The molecule has 0 saturated carbocycles. The topological polar surface area (TPSA) is 92.5 Å². The predicted molar refractivity (Wildman–Crippen MR) is 71.0 cm³/mol. The van der Waals surface area contributed by atoms with Gasteiger partial charge in [-0.25, -0.2) is 0 Å². The van der Waals surface area contributed by atoms with Crippen LogP contribution in [-0.4, -0.2) is 40.2 Å². The van der Waals surface area contributed by atoms with Gasteiger partial charge >= 0.3 is 0 Å². The summed E-state index contributed by atoms with van der Waals surface area (Å²) in [5, 5.41) is 2.59. The number of rotatable bonds is 5. The van der Waals surface area contributed by atoms with Crippen LogP contribution in [0, 0.1) is 0 Å². The van der Waals surface area contributed by atoms with Gasteiger partial charge in [-0.1, -0.05) is 13.3 Å². The van der Waals surface area contributed by atoms with E-state index in [9.17, 15) is 14.4 Å². The van der Waals surface area contributed by atoms with Gasteiger partial charge < -0.3 is 11.1 Å². The first-order valence-corrected chi connectivity index (χ1v) is 6.66. The summed E-state index contributed by atoms with van der Waals surface area (Å²) in [7, 11) is 0. The number of nitrogens with zero attached hydrogens (tertiary/aromatic N) is 1. The zero-order valence-corrected chi connectivity index (χ0v) is 12.0. The maximum Gasteiger partial charge on any atom is 0.252 e. The standard InChI is InChI=1S/C13H23N3O3/c1-5-6-13(4,14)12(19)15-9-7-10(17)16(8(2)3)11(9)18/h8-9H,5-7,14H2,1-4H3,(H,15,19). The minimum Gasteiger partial charge on any atom is -0.342 e. The summed E-state index contributed by atoms with van der Waals surface area (Å²) >= 11 is 0. The van der Waals surface area contributed by atoms with Crippen LogP contribution in [0.1, 0.15) is 47.0 Å². The van der Waals surface area contributed by atoms with Gasteiger partial charge in [0.15, 0.2) is 0 Å². The van der Waals surface area contributed by atoms with Gasteiger partial charge in [0, 0.05) is 6.04 Å². The molecule has 3 N–H and O–H groups in total. The summed E-state index contributed by atoms with van der Waals surface area (Å²) < 4.78 is 0. The second-order valence-electron chi connectivity index (χ2n) is 5.59. The lowest BCUT2D eigenvalue weighted by atomic mass is 9.96. The molecular weight excluding hydrogens is 246 g/mol. The van der Waals surface area contributed by atoms with Crippen molar-refractivity contribution in [2.75, 3.05) is 0 Å². The van der Waals surface area contributed by atoms with E-state index >= 15 is 0 Å². The van der Waals surface area contributed by atoms with E-state index in [1.165, 1.54) is 4.90 Å². The molecule has 0 aliphatic carbocycles. The lowest BCUT2D eigenvalue weighted by Crippen LogP contribution is -2.55. The van der Waals surface area contributed by atoms with Gasteiger partial charge in [-0.05, 0) is 27.2 Å². The molecule has 0 bridgehead atoms. The highest BCUT2D eigenvalue weighted by molar-refractivity contribution is 6.07. The Bertz CT molecular complexity index is 391. The molecule has 0 radical (unpaired) electrons. The molecule has 19 heavy (non-hydrogen) atoms. The van der Waals surface area contributed by atoms with Crippen molar-refractivity contribution in [1.29, 1.82) is 0 Å². The maximum absolute atomic E-state index is 12.0. The quantitative estimate of drug-likeness (QED) is 0.695. The second kappa shape index (κ2) is 5.69. The highest BCUT2D eigenvalue weighted by Crippen LogP contribution is 2.17. The highest BCUT2D eigenvalue weighted by atomic mass is 16.2. The molecule has 1 heterocycles. The fourth-order valence-corrected chi connectivity index (χ4v) is 2.26. The van der Waals surface area contributed by atoms with E-state index in [1.807, 2.05) is 6.92 Å². The van der Waals surface area contributed by atoms with Gasteiger partial charge in [-0.2, -0.15) is 0 Å². The van der Waals surface area contributed by atoms with E-state index in [2.05, 4.69) is 5.32 Å². The summed E-state index contributed by atoms with van der Waals surface area (Å²) in [6.45, 7) is 7.10. The van der Waals surface area contributed by atoms with Crippen molar-refractivity contribution in [2.45, 2.75) is 64.6 Å². The number of nitrogens with one attached hydrogen (secondary N) is 1. The third-order valence-corrected chi connectivity index (χ3v) is 3.29. The number of nitrogens with two attached hydrogens (primary N) is 1. The fourth-order valence-electron chi connectivity index (χ4n) is 2.26. The Hall–Kier alpha value is -1.43. The van der Waals surface area contributed by atoms with Gasteiger partial charge in [0.2, 0.25) is 11.8 Å². The molecule has 6 heteroatoms. The lowest BCUT2D eigenvalue weighted by Gasteiger charge is -2.25. The smallest absolute Gasteiger partial charge is 0.252 e. The highest BCUT2D eigenvalue weighted by Gasteiger charge is 2.42. The van der Waals surface area contributed by atoms with E-state index in [4.69, 9.17) is 5.73 Å². The SMILES string of the molecule is CCCC(C)(N)C(=O)NC1CC(=O)N(C(C)C)C1=O. The van der Waals surface area contributed by atoms with E-state index in [-0.39, 0.29) is 30.2 Å². The molecule has 0 aromatic rings. The molecule has 2 unspecified atom stereocenters. The minimum absolute atomic E-state index is 0.0188. The summed E-state index contributed by atoms with van der Waals surface area (Å²) in [6, 6.07) is -0.969. The van der Waals surface area contributed by atoms with Crippen molar-refractivity contribution >= 4 is 17.7 Å². The molecule has 3 amide bonds. The van der Waals surface area contributed by atoms with Gasteiger partial charge in [-0.3, -0.25) is 19.3 Å². The molecule has 0 aromatic heterocycles. The number of hydrogen-bond acceptors (Lipinski definition) is 4. The summed E-state index contributed by atoms with van der Waals surface area (Å²) in [5.74, 6) is -0.980. The van der Waals surface area contributed by atoms with Crippen molar-refractivity contribution in [2.24, 2.45) is 5.73 Å². The van der Waals surface area contributed by atoms with Crippen LogP contribution in [0.15, 0.2) is 0 Å². The third kappa shape index (κ3) is 3.32. The molecule has 1 aliphatic rings. The second-order valence-corrected chi connectivity index (χ2v) is 5.59. The number of carbonyl (C=O) groups is 3. The van der Waals surface area contributed by atoms with Crippen LogP contribution in [0.3, 0.4) is 0 Å². The average Bonchev–Trinajstić information content (AvgIpc) is 2.53. The molecule has 1 aliphatic heterocycles. The normalized spacial score (nSPS) is 22.8. The zero-order valence-electron chi connectivity index (χ0n) is 12.0. The van der Waals surface area contributed by atoms with Gasteiger partial charge in [0.05, 0.1) is 12.0 Å². The van der Waals surface area contributed by atoms with E-state index in [0.717, 1.165) is 6.42 Å². The molecule has 2 atom stereocenters. The van der Waals surface area contributed by atoms with Crippen LogP contribution in [0.5, 0.6) is 0 Å². The lowest BCUT2D eigenvalue weighted by molar-refractivity contribution is -0.141. The first kappa shape index (κ1) is 15.6. The Morgan fingerprint density at radius 1 is 1.53 bits per heavy atom. The number of hydrogen-bond donors (Lipinski definition) is 2. The Balaban J connectivity index is 2.72. The Labute approximate surface area is 113 Å². The average molecular weight is 269 g/mol. The van der Waals surface area contributed by atoms with Gasteiger partial charge in [-0.15, -0.1) is 0 Å². The minimum atomic E-state index is -1.01. The van der Waals surface area contributed by atoms with Crippen LogP contribution < -0.4 is 11.1 Å². The zero-order chi connectivity index (χ0) is 14.8. The molecule has 0 spiro atoms. The van der Waals surface area contributed by atoms with Crippen LogP contribution in [0.4, 0.5) is 0 Å². The van der Waals surface area contributed by atoms with Crippen molar-refractivity contribution in [3.05, 3.63) is 0 Å². The van der Waals surface area contributed by atoms with E-state index in [1.54, 1.807) is 20.8 Å². The molecule has 1 fully saturated rings. The number of likely N-dealkylation sites (tertiary alicyclic amines) is 1. The summed E-state index contributed by atoms with van der Waals surface area (Å²) in [4.78, 5) is 37.0. The number of carbonyl (C=O) groups excluding carboxylic acids is 3. The maximum atomic E-state index is 12.0. The van der Waals surface area contributed by atoms with Crippen molar-refractivity contribution in [3.63, 3.8) is 0 Å². The van der Waals surface area contributed by atoms with Crippen LogP contribution in [-0.2, 0) is 14.4 Å². The first-order valence-electron chi connectivity index (χ1n) is 6.66. The molecule has 1 rings (SSSR count). The largest absolute Gasteiger partial charge is 0.342 e. The monoisotopic (exact) mass is 269 g/mol. The van der Waals surface area contributed by atoms with Gasteiger partial charge in [0.1, 0.15) is 6.04 Å². The molecule has 0 aromatic carbocycles. The summed E-state index contributed by atoms with van der Waals surface area (Å²) in [5.41, 5.74) is 4.89. The molecule has 108 valence electrons. The molecule has 6 nitrogen and oxygen atoms in total. The predicted octanol–water partition coefficient (Wildman–Crippen LogP) is 0.156. The Kier molecular flexibility index (Phi) is 4.68. The first-order chi connectivity index (χ1) is 8.70.